The maximum atomic E-state index is 12.2. The third kappa shape index (κ3) is 4.80. The Kier molecular flexibility index (Phi) is 4.74. The quantitative estimate of drug-likeness (QED) is 0.858. The van der Waals surface area contributed by atoms with Gasteiger partial charge in [-0.1, -0.05) is 13.0 Å². The molecule has 1 aromatic carbocycles. The first-order valence-electron chi connectivity index (χ1n) is 5.43. The molecule has 0 aliphatic carbocycles. The lowest BCUT2D eigenvalue weighted by atomic mass is 10.0. The summed E-state index contributed by atoms with van der Waals surface area (Å²) in [5, 5.41) is 0. The van der Waals surface area contributed by atoms with Gasteiger partial charge in [0.1, 0.15) is 11.5 Å². The summed E-state index contributed by atoms with van der Waals surface area (Å²) < 4.78 is 80.8. The van der Waals surface area contributed by atoms with Gasteiger partial charge in [0.25, 0.3) is 0 Å². The summed E-state index contributed by atoms with van der Waals surface area (Å²) in [6.45, 7) is 1.51. The molecule has 0 spiro atoms. The van der Waals surface area contributed by atoms with Crippen LogP contribution in [0.25, 0.3) is 0 Å². The van der Waals surface area contributed by atoms with Crippen molar-refractivity contribution in [1.82, 2.24) is 0 Å². The fourth-order valence-corrected chi connectivity index (χ4v) is 1.52. The lowest BCUT2D eigenvalue weighted by Gasteiger charge is -2.21. The van der Waals surface area contributed by atoms with Gasteiger partial charge in [0.05, 0.1) is 5.56 Å². The topological polar surface area (TPSA) is 44.5 Å². The van der Waals surface area contributed by atoms with Crippen molar-refractivity contribution in [3.8, 4) is 11.5 Å². The Morgan fingerprint density at radius 3 is 1.70 bits per heavy atom. The summed E-state index contributed by atoms with van der Waals surface area (Å²) in [5.41, 5.74) is 5.06. The van der Waals surface area contributed by atoms with Gasteiger partial charge in [-0.3, -0.25) is 0 Å². The second kappa shape index (κ2) is 5.78. The zero-order chi connectivity index (χ0) is 15.6. The third-order valence-corrected chi connectivity index (χ3v) is 2.29. The van der Waals surface area contributed by atoms with Crippen molar-refractivity contribution in [3.05, 3.63) is 23.8 Å². The van der Waals surface area contributed by atoms with Crippen molar-refractivity contribution in [3.63, 3.8) is 0 Å². The highest BCUT2D eigenvalue weighted by Gasteiger charge is 2.36. The molecular formula is C11H11F6NO2. The van der Waals surface area contributed by atoms with Crippen LogP contribution in [0.2, 0.25) is 0 Å². The highest BCUT2D eigenvalue weighted by atomic mass is 19.4. The summed E-state index contributed by atoms with van der Waals surface area (Å²) >= 11 is 0. The second-order valence-electron chi connectivity index (χ2n) is 3.78. The molecule has 0 aliphatic heterocycles. The van der Waals surface area contributed by atoms with Crippen molar-refractivity contribution in [2.75, 3.05) is 0 Å². The molecule has 0 bridgehead atoms. The largest absolute Gasteiger partial charge is 0.573 e. The van der Waals surface area contributed by atoms with Gasteiger partial charge in [0.15, 0.2) is 0 Å². The molecule has 20 heavy (non-hydrogen) atoms. The molecule has 0 radical (unpaired) electrons. The maximum Gasteiger partial charge on any atom is 0.573 e. The van der Waals surface area contributed by atoms with Gasteiger partial charge in [0.2, 0.25) is 0 Å². The Balaban J connectivity index is 3.27. The van der Waals surface area contributed by atoms with Crippen LogP contribution in [0.15, 0.2) is 18.2 Å². The van der Waals surface area contributed by atoms with E-state index in [2.05, 4.69) is 9.47 Å². The third-order valence-electron chi connectivity index (χ3n) is 2.29. The van der Waals surface area contributed by atoms with E-state index in [1.165, 1.54) is 6.92 Å². The van der Waals surface area contributed by atoms with Gasteiger partial charge < -0.3 is 15.2 Å². The molecule has 0 aliphatic rings. The number of nitrogens with two attached hydrogens (primary N) is 1. The van der Waals surface area contributed by atoms with Crippen LogP contribution in [0.1, 0.15) is 24.9 Å². The zero-order valence-corrected chi connectivity index (χ0v) is 10.2. The van der Waals surface area contributed by atoms with Crippen LogP contribution in [0.3, 0.4) is 0 Å². The van der Waals surface area contributed by atoms with E-state index in [1.807, 2.05) is 0 Å². The minimum atomic E-state index is -5.04. The molecule has 0 saturated carbocycles. The number of halogens is 6. The van der Waals surface area contributed by atoms with Gasteiger partial charge in [-0.25, -0.2) is 0 Å². The van der Waals surface area contributed by atoms with Crippen LogP contribution in [0, 0.1) is 0 Å². The predicted octanol–water partition coefficient (Wildman–Crippen LogP) is 3.89. The van der Waals surface area contributed by atoms with Crippen LogP contribution in [0.4, 0.5) is 26.3 Å². The standard InChI is InChI=1S/C11H11F6NO2/c1-2-6(18)9-7(19-10(12,13)14)4-3-5-8(9)20-11(15,16)17/h3-6H,2,18H2,1H3. The second-order valence-corrected chi connectivity index (χ2v) is 3.78. The lowest BCUT2D eigenvalue weighted by molar-refractivity contribution is -0.277. The SMILES string of the molecule is CCC(N)c1c(OC(F)(F)F)cccc1OC(F)(F)F. The predicted molar refractivity (Wildman–Crippen MR) is 57.0 cm³/mol. The average molecular weight is 303 g/mol. The fourth-order valence-electron chi connectivity index (χ4n) is 1.52. The van der Waals surface area contributed by atoms with Crippen LogP contribution in [0.5, 0.6) is 11.5 Å². The van der Waals surface area contributed by atoms with Crippen LogP contribution >= 0.6 is 0 Å². The monoisotopic (exact) mass is 303 g/mol. The average Bonchev–Trinajstić information content (AvgIpc) is 2.24. The van der Waals surface area contributed by atoms with E-state index in [1.54, 1.807) is 0 Å². The zero-order valence-electron chi connectivity index (χ0n) is 10.2. The Morgan fingerprint density at radius 2 is 1.40 bits per heavy atom. The van der Waals surface area contributed by atoms with Crippen LogP contribution in [-0.4, -0.2) is 12.7 Å². The van der Waals surface area contributed by atoms with Crippen molar-refractivity contribution in [2.45, 2.75) is 32.1 Å². The van der Waals surface area contributed by atoms with Gasteiger partial charge in [-0.2, -0.15) is 0 Å². The molecular weight excluding hydrogens is 292 g/mol. The maximum absolute atomic E-state index is 12.2. The van der Waals surface area contributed by atoms with E-state index < -0.39 is 35.8 Å². The molecule has 0 aromatic heterocycles. The number of hydrogen-bond acceptors (Lipinski definition) is 3. The van der Waals surface area contributed by atoms with Crippen molar-refractivity contribution in [2.24, 2.45) is 5.73 Å². The van der Waals surface area contributed by atoms with Crippen molar-refractivity contribution < 1.29 is 35.8 Å². The number of ether oxygens (including phenoxy) is 2. The van der Waals surface area contributed by atoms with Crippen molar-refractivity contribution >= 4 is 0 Å². The van der Waals surface area contributed by atoms with E-state index in [9.17, 15) is 26.3 Å². The van der Waals surface area contributed by atoms with Crippen LogP contribution in [-0.2, 0) is 0 Å². The minimum absolute atomic E-state index is 0.104. The molecule has 1 rings (SSSR count). The normalized spacial score (nSPS) is 14.0. The van der Waals surface area contributed by atoms with Crippen molar-refractivity contribution in [1.29, 1.82) is 0 Å². The van der Waals surface area contributed by atoms with E-state index in [0.717, 1.165) is 18.2 Å². The molecule has 0 saturated heterocycles. The highest BCUT2D eigenvalue weighted by Crippen LogP contribution is 2.39. The minimum Gasteiger partial charge on any atom is -0.405 e. The summed E-state index contributed by atoms with van der Waals surface area (Å²) in [6, 6.07) is 1.61. The van der Waals surface area contributed by atoms with E-state index >= 15 is 0 Å². The molecule has 1 atom stereocenters. The lowest BCUT2D eigenvalue weighted by Crippen LogP contribution is -2.23. The molecule has 1 aromatic rings. The number of benzene rings is 1. The molecule has 1 unspecified atom stereocenters. The van der Waals surface area contributed by atoms with E-state index in [0.29, 0.717) is 0 Å². The van der Waals surface area contributed by atoms with Crippen LogP contribution < -0.4 is 15.2 Å². The first-order valence-corrected chi connectivity index (χ1v) is 5.43. The number of hydrogen-bond donors (Lipinski definition) is 1. The Bertz CT molecular complexity index is 423. The molecule has 114 valence electrons. The Labute approximate surface area is 110 Å². The molecule has 0 heterocycles. The summed E-state index contributed by atoms with van der Waals surface area (Å²) in [5.74, 6) is -1.62. The van der Waals surface area contributed by atoms with Gasteiger partial charge in [-0.15, -0.1) is 26.3 Å². The smallest absolute Gasteiger partial charge is 0.405 e. The Hall–Kier alpha value is -1.64. The highest BCUT2D eigenvalue weighted by molar-refractivity contribution is 5.47. The number of rotatable bonds is 4. The van der Waals surface area contributed by atoms with Gasteiger partial charge in [0, 0.05) is 6.04 Å². The molecule has 9 heteroatoms. The Morgan fingerprint density at radius 1 is 1.00 bits per heavy atom. The molecule has 3 nitrogen and oxygen atoms in total. The van der Waals surface area contributed by atoms with E-state index in [-0.39, 0.29) is 6.42 Å². The van der Waals surface area contributed by atoms with E-state index in [4.69, 9.17) is 5.73 Å². The summed E-state index contributed by atoms with van der Waals surface area (Å²) in [4.78, 5) is 0. The summed E-state index contributed by atoms with van der Waals surface area (Å²) in [7, 11) is 0. The first-order chi connectivity index (χ1) is 9.03. The molecule has 0 fully saturated rings. The fraction of sp³-hybridized carbons (Fsp3) is 0.455. The van der Waals surface area contributed by atoms with Gasteiger partial charge in [-0.05, 0) is 18.6 Å². The summed E-state index contributed by atoms with van der Waals surface area (Å²) in [6.07, 6.45) is -9.98. The first kappa shape index (κ1) is 16.4. The van der Waals surface area contributed by atoms with Gasteiger partial charge >= 0.3 is 12.7 Å². The molecule has 2 N–H and O–H groups in total. The number of alkyl halides is 6. The molecule has 0 amide bonds.